The van der Waals surface area contributed by atoms with Crippen molar-refractivity contribution in [3.8, 4) is 17.2 Å². The lowest BCUT2D eigenvalue weighted by Crippen LogP contribution is -2.20. The standard InChI is InChI=1S/C25H18F3N3O4/c26-25(27,28)13-7-12(10-29-11-13)18(32)9-17-22-16-8-14(1-3-19(16)35-23(17)22)34-20-5-6-30-24-15(20)2-4-21(33)31-24/h1,3,5-8,10-11,17,22-23H,2,4,9H2,(H,30,31,33)/t17-,22-,23+/m0/s1. The first kappa shape index (κ1) is 21.6. The molecule has 7 nitrogen and oxygen atoms in total. The number of alkyl halides is 3. The Kier molecular flexibility index (Phi) is 4.80. The van der Waals surface area contributed by atoms with Gasteiger partial charge in [0.25, 0.3) is 0 Å². The van der Waals surface area contributed by atoms with Crippen molar-refractivity contribution in [3.63, 3.8) is 0 Å². The van der Waals surface area contributed by atoms with Crippen LogP contribution in [0.3, 0.4) is 0 Å². The fourth-order valence-corrected chi connectivity index (χ4v) is 4.82. The molecular weight excluding hydrogens is 463 g/mol. The minimum atomic E-state index is -4.56. The van der Waals surface area contributed by atoms with Crippen molar-refractivity contribution in [1.82, 2.24) is 9.97 Å². The minimum Gasteiger partial charge on any atom is -0.489 e. The normalized spacial score (nSPS) is 21.8. The molecule has 0 radical (unpaired) electrons. The number of hydrogen-bond donors (Lipinski definition) is 1. The lowest BCUT2D eigenvalue weighted by molar-refractivity contribution is -0.137. The van der Waals surface area contributed by atoms with Crippen LogP contribution in [0.15, 0.2) is 48.9 Å². The fraction of sp³-hybridized carbons (Fsp3) is 0.280. The summed E-state index contributed by atoms with van der Waals surface area (Å²) in [6.07, 6.45) is -0.362. The summed E-state index contributed by atoms with van der Waals surface area (Å²) in [7, 11) is 0. The van der Waals surface area contributed by atoms with Gasteiger partial charge in [-0.2, -0.15) is 13.2 Å². The predicted octanol–water partition coefficient (Wildman–Crippen LogP) is 4.92. The van der Waals surface area contributed by atoms with Crippen molar-refractivity contribution in [2.24, 2.45) is 5.92 Å². The molecule has 178 valence electrons. The summed E-state index contributed by atoms with van der Waals surface area (Å²) in [5, 5.41) is 2.74. The highest BCUT2D eigenvalue weighted by Gasteiger charge is 2.59. The molecule has 3 atom stereocenters. The zero-order valence-corrected chi connectivity index (χ0v) is 18.1. The van der Waals surface area contributed by atoms with Gasteiger partial charge in [0.2, 0.25) is 5.91 Å². The quantitative estimate of drug-likeness (QED) is 0.521. The number of aromatic nitrogens is 2. The maximum absolute atomic E-state index is 13.0. The number of benzene rings is 1. The van der Waals surface area contributed by atoms with Gasteiger partial charge in [-0.25, -0.2) is 4.98 Å². The van der Waals surface area contributed by atoms with E-state index in [4.69, 9.17) is 9.47 Å². The zero-order valence-electron chi connectivity index (χ0n) is 18.1. The summed E-state index contributed by atoms with van der Waals surface area (Å²) in [5.41, 5.74) is 0.729. The van der Waals surface area contributed by atoms with Crippen molar-refractivity contribution >= 4 is 17.5 Å². The Hall–Kier alpha value is -3.95. The summed E-state index contributed by atoms with van der Waals surface area (Å²) < 4.78 is 50.9. The number of halogens is 3. The molecule has 3 aliphatic rings. The van der Waals surface area contributed by atoms with Gasteiger partial charge in [0.05, 0.1) is 5.56 Å². The maximum Gasteiger partial charge on any atom is 0.417 e. The van der Waals surface area contributed by atoms with Gasteiger partial charge < -0.3 is 14.8 Å². The van der Waals surface area contributed by atoms with Crippen molar-refractivity contribution in [1.29, 1.82) is 0 Å². The van der Waals surface area contributed by atoms with E-state index in [2.05, 4.69) is 15.3 Å². The van der Waals surface area contributed by atoms with Crippen LogP contribution in [-0.4, -0.2) is 27.8 Å². The molecule has 0 unspecified atom stereocenters. The Morgan fingerprint density at radius 1 is 1.17 bits per heavy atom. The molecule has 1 amide bonds. The molecule has 1 fully saturated rings. The number of nitrogens with one attached hydrogen (secondary N) is 1. The highest BCUT2D eigenvalue weighted by molar-refractivity contribution is 5.96. The fourth-order valence-electron chi connectivity index (χ4n) is 4.82. The first-order valence-electron chi connectivity index (χ1n) is 11.1. The molecular formula is C25H18F3N3O4. The number of carbonyl (C=O) groups excluding carboxylic acids is 2. The van der Waals surface area contributed by atoms with Crippen LogP contribution in [0.4, 0.5) is 19.0 Å². The van der Waals surface area contributed by atoms with Gasteiger partial charge in [-0.1, -0.05) is 0 Å². The molecule has 0 bridgehead atoms. The third-order valence-corrected chi connectivity index (χ3v) is 6.61. The second-order valence-corrected chi connectivity index (χ2v) is 8.85. The number of carbonyl (C=O) groups is 2. The number of ketones is 1. The molecule has 1 aromatic carbocycles. The first-order valence-corrected chi connectivity index (χ1v) is 11.1. The number of hydrogen-bond acceptors (Lipinski definition) is 6. The van der Waals surface area contributed by atoms with E-state index < -0.39 is 17.5 Å². The maximum atomic E-state index is 13.0. The highest BCUT2D eigenvalue weighted by atomic mass is 19.4. The van der Waals surface area contributed by atoms with Gasteiger partial charge in [-0.3, -0.25) is 14.6 Å². The Bertz CT molecular complexity index is 1370. The topological polar surface area (TPSA) is 90.4 Å². The van der Waals surface area contributed by atoms with E-state index in [1.54, 1.807) is 18.3 Å². The van der Waals surface area contributed by atoms with Crippen LogP contribution in [0.2, 0.25) is 0 Å². The summed E-state index contributed by atoms with van der Waals surface area (Å²) in [5.74, 6) is 1.76. The Labute approximate surface area is 197 Å². The minimum absolute atomic E-state index is 0.0260. The summed E-state index contributed by atoms with van der Waals surface area (Å²) in [6, 6.07) is 8.04. The molecule has 0 saturated heterocycles. The number of anilines is 1. The van der Waals surface area contributed by atoms with Crippen molar-refractivity contribution < 1.29 is 32.2 Å². The zero-order chi connectivity index (χ0) is 24.3. The number of rotatable bonds is 5. The van der Waals surface area contributed by atoms with Crippen LogP contribution >= 0.6 is 0 Å². The van der Waals surface area contributed by atoms with Crippen LogP contribution in [0, 0.1) is 5.92 Å². The smallest absolute Gasteiger partial charge is 0.417 e. The lowest BCUT2D eigenvalue weighted by atomic mass is 10.0. The van der Waals surface area contributed by atoms with Gasteiger partial charge in [-0.15, -0.1) is 0 Å². The number of pyridine rings is 2. The average Bonchev–Trinajstić information content (AvgIpc) is 3.35. The highest BCUT2D eigenvalue weighted by Crippen LogP contribution is 2.60. The molecule has 1 N–H and O–H groups in total. The summed E-state index contributed by atoms with van der Waals surface area (Å²) in [6.45, 7) is 0. The van der Waals surface area contributed by atoms with Gasteiger partial charge in [0, 0.05) is 60.0 Å². The van der Waals surface area contributed by atoms with Crippen LogP contribution in [0.1, 0.15) is 45.8 Å². The summed E-state index contributed by atoms with van der Waals surface area (Å²) in [4.78, 5) is 32.1. The van der Waals surface area contributed by atoms with Gasteiger partial charge in [0.1, 0.15) is 29.2 Å². The number of fused-ring (bicyclic) bond motifs is 4. The third kappa shape index (κ3) is 3.88. The Morgan fingerprint density at radius 2 is 2.03 bits per heavy atom. The van der Waals surface area contributed by atoms with Gasteiger partial charge in [0.15, 0.2) is 5.78 Å². The molecule has 2 aromatic heterocycles. The molecule has 0 spiro atoms. The number of nitrogens with zero attached hydrogens (tertiary/aromatic N) is 2. The van der Waals surface area contributed by atoms with Gasteiger partial charge in [-0.05, 0) is 36.8 Å². The van der Waals surface area contributed by atoms with Gasteiger partial charge >= 0.3 is 6.18 Å². The second-order valence-electron chi connectivity index (χ2n) is 8.85. The van der Waals surface area contributed by atoms with E-state index in [1.165, 1.54) is 0 Å². The predicted molar refractivity (Wildman–Crippen MR) is 117 cm³/mol. The van der Waals surface area contributed by atoms with E-state index in [-0.39, 0.29) is 35.8 Å². The molecule has 2 aliphatic heterocycles. The van der Waals surface area contributed by atoms with Crippen LogP contribution < -0.4 is 14.8 Å². The van der Waals surface area contributed by atoms with Crippen molar-refractivity contribution in [2.75, 3.05) is 5.32 Å². The molecule has 1 saturated carbocycles. The number of Topliss-reactive ketones (excluding diaryl/α,β-unsaturated/α-hetero) is 1. The van der Waals surface area contributed by atoms with E-state index in [1.807, 2.05) is 12.1 Å². The van der Waals surface area contributed by atoms with Crippen molar-refractivity contribution in [2.45, 2.75) is 37.5 Å². The van der Waals surface area contributed by atoms with Crippen molar-refractivity contribution in [3.05, 3.63) is 71.2 Å². The number of ether oxygens (including phenoxy) is 2. The van der Waals surface area contributed by atoms with E-state index in [0.717, 1.165) is 23.4 Å². The van der Waals surface area contributed by atoms with E-state index in [9.17, 15) is 22.8 Å². The van der Waals surface area contributed by atoms with E-state index in [0.29, 0.717) is 42.1 Å². The third-order valence-electron chi connectivity index (χ3n) is 6.61. The molecule has 4 heterocycles. The molecule has 35 heavy (non-hydrogen) atoms. The van der Waals surface area contributed by atoms with Crippen LogP contribution in [0.5, 0.6) is 17.2 Å². The Morgan fingerprint density at radius 3 is 2.86 bits per heavy atom. The second kappa shape index (κ2) is 7.79. The summed E-state index contributed by atoms with van der Waals surface area (Å²) >= 11 is 0. The molecule has 10 heteroatoms. The Balaban J connectivity index is 1.18. The molecule has 1 aliphatic carbocycles. The van der Waals surface area contributed by atoms with E-state index >= 15 is 0 Å². The lowest BCUT2D eigenvalue weighted by Gasteiger charge is -2.19. The SMILES string of the molecule is O=C1CCc2c(Oc3ccc4c(c3)[C@H]3[C@H](CC(=O)c5cncc(C(F)(F)F)c5)[C@H]3O4)ccnc2N1. The van der Waals surface area contributed by atoms with Crippen LogP contribution in [-0.2, 0) is 17.4 Å². The van der Waals surface area contributed by atoms with Crippen LogP contribution in [0.25, 0.3) is 0 Å². The first-order chi connectivity index (χ1) is 16.8. The average molecular weight is 481 g/mol. The monoisotopic (exact) mass is 481 g/mol. The molecule has 3 aromatic rings. The number of amides is 1. The molecule has 6 rings (SSSR count). The largest absolute Gasteiger partial charge is 0.489 e.